The lowest BCUT2D eigenvalue weighted by Gasteiger charge is -2.07. The number of anilines is 1. The fourth-order valence-corrected chi connectivity index (χ4v) is 2.14. The van der Waals surface area contributed by atoms with Crippen molar-refractivity contribution in [1.82, 2.24) is 29.5 Å². The molecular formula is C13H17N7. The van der Waals surface area contributed by atoms with Crippen molar-refractivity contribution in [1.29, 1.82) is 0 Å². The zero-order valence-corrected chi connectivity index (χ0v) is 11.8. The van der Waals surface area contributed by atoms with E-state index in [1.165, 1.54) is 0 Å². The Labute approximate surface area is 116 Å². The molecule has 0 aromatic carbocycles. The normalized spacial score (nSPS) is 11.2. The number of fused-ring (bicyclic) bond motifs is 1. The lowest BCUT2D eigenvalue weighted by molar-refractivity contribution is 0.655. The summed E-state index contributed by atoms with van der Waals surface area (Å²) in [6.07, 6.45) is 5.59. The molecule has 1 N–H and O–H groups in total. The minimum Gasteiger partial charge on any atom is -0.370 e. The molecule has 0 amide bonds. The number of aryl methyl sites for hydroxylation is 2. The zero-order valence-electron chi connectivity index (χ0n) is 11.8. The summed E-state index contributed by atoms with van der Waals surface area (Å²) in [6.45, 7) is 5.41. The van der Waals surface area contributed by atoms with E-state index in [4.69, 9.17) is 0 Å². The lowest BCUT2D eigenvalue weighted by Crippen LogP contribution is -2.09. The number of nitrogens with zero attached hydrogens (tertiary/aromatic N) is 6. The van der Waals surface area contributed by atoms with Crippen LogP contribution >= 0.6 is 0 Å². The molecule has 3 rings (SSSR count). The van der Waals surface area contributed by atoms with Gasteiger partial charge in [-0.25, -0.2) is 9.97 Å². The van der Waals surface area contributed by atoms with Gasteiger partial charge in [0, 0.05) is 19.8 Å². The van der Waals surface area contributed by atoms with Crippen molar-refractivity contribution in [2.75, 3.05) is 11.9 Å². The van der Waals surface area contributed by atoms with Gasteiger partial charge in [-0.15, -0.1) is 0 Å². The van der Waals surface area contributed by atoms with Crippen molar-refractivity contribution >= 4 is 16.9 Å². The van der Waals surface area contributed by atoms with Crippen molar-refractivity contribution in [2.45, 2.75) is 20.4 Å². The van der Waals surface area contributed by atoms with Gasteiger partial charge in [0.05, 0.1) is 17.8 Å². The highest BCUT2D eigenvalue weighted by molar-refractivity contribution is 5.86. The van der Waals surface area contributed by atoms with Gasteiger partial charge in [-0.05, 0) is 19.4 Å². The second kappa shape index (κ2) is 4.92. The Balaban J connectivity index is 2.04. The Morgan fingerprint density at radius 1 is 1.20 bits per heavy atom. The van der Waals surface area contributed by atoms with Crippen molar-refractivity contribution in [3.8, 4) is 0 Å². The molecule has 0 unspecified atom stereocenters. The van der Waals surface area contributed by atoms with E-state index in [0.717, 1.165) is 34.8 Å². The summed E-state index contributed by atoms with van der Waals surface area (Å²) in [7, 11) is 1.88. The number of hydrogen-bond donors (Lipinski definition) is 1. The summed E-state index contributed by atoms with van der Waals surface area (Å²) in [4.78, 5) is 9.14. The second-order valence-electron chi connectivity index (χ2n) is 4.74. The zero-order chi connectivity index (χ0) is 14.1. The Kier molecular flexibility index (Phi) is 3.09. The first-order chi connectivity index (χ1) is 9.67. The monoisotopic (exact) mass is 271 g/mol. The quantitative estimate of drug-likeness (QED) is 0.775. The third-order valence-corrected chi connectivity index (χ3v) is 3.05. The van der Waals surface area contributed by atoms with Gasteiger partial charge in [-0.2, -0.15) is 10.2 Å². The van der Waals surface area contributed by atoms with Gasteiger partial charge in [-0.1, -0.05) is 0 Å². The first-order valence-electron chi connectivity index (χ1n) is 6.59. The lowest BCUT2D eigenvalue weighted by atomic mass is 10.3. The number of hydrogen-bond acceptors (Lipinski definition) is 5. The summed E-state index contributed by atoms with van der Waals surface area (Å²) in [6, 6.07) is 0. The van der Waals surface area contributed by atoms with E-state index in [-0.39, 0.29) is 0 Å². The Bertz CT molecular complexity index is 740. The summed E-state index contributed by atoms with van der Waals surface area (Å²) in [5.74, 6) is 1.55. The maximum Gasteiger partial charge on any atom is 0.163 e. The van der Waals surface area contributed by atoms with Gasteiger partial charge in [0.25, 0.3) is 0 Å². The number of rotatable bonds is 4. The van der Waals surface area contributed by atoms with Crippen LogP contribution in [0.4, 0.5) is 5.82 Å². The third kappa shape index (κ3) is 2.22. The first-order valence-corrected chi connectivity index (χ1v) is 6.59. The van der Waals surface area contributed by atoms with Crippen molar-refractivity contribution in [3.63, 3.8) is 0 Å². The van der Waals surface area contributed by atoms with Crippen LogP contribution in [0.15, 0.2) is 18.6 Å². The predicted molar refractivity (Wildman–Crippen MR) is 76.5 cm³/mol. The van der Waals surface area contributed by atoms with Gasteiger partial charge in [0.2, 0.25) is 0 Å². The minimum atomic E-state index is 0.549. The molecule has 0 atom stereocenters. The van der Waals surface area contributed by atoms with E-state index in [0.29, 0.717) is 6.54 Å². The SMILES string of the molecule is CCNc1nc(Cn2cc(C)cn2)nc2c1cnn2C. The highest BCUT2D eigenvalue weighted by Crippen LogP contribution is 2.19. The molecule has 3 heterocycles. The second-order valence-corrected chi connectivity index (χ2v) is 4.74. The first kappa shape index (κ1) is 12.6. The maximum atomic E-state index is 4.57. The molecule has 0 aliphatic carbocycles. The van der Waals surface area contributed by atoms with Gasteiger partial charge in [-0.3, -0.25) is 9.36 Å². The molecule has 3 aromatic rings. The van der Waals surface area contributed by atoms with Gasteiger partial charge in [0.15, 0.2) is 11.5 Å². The highest BCUT2D eigenvalue weighted by Gasteiger charge is 2.11. The van der Waals surface area contributed by atoms with E-state index >= 15 is 0 Å². The average Bonchev–Trinajstić information content (AvgIpc) is 2.98. The molecule has 7 nitrogen and oxygen atoms in total. The number of aromatic nitrogens is 6. The van der Waals surface area contributed by atoms with Crippen molar-refractivity contribution in [2.24, 2.45) is 7.05 Å². The van der Waals surface area contributed by atoms with Crippen LogP contribution in [-0.4, -0.2) is 36.1 Å². The topological polar surface area (TPSA) is 73.5 Å². The molecule has 0 saturated heterocycles. The minimum absolute atomic E-state index is 0.549. The van der Waals surface area contributed by atoms with Gasteiger partial charge < -0.3 is 5.32 Å². The molecule has 0 bridgehead atoms. The molecule has 3 aromatic heterocycles. The molecule has 0 aliphatic rings. The third-order valence-electron chi connectivity index (χ3n) is 3.05. The van der Waals surface area contributed by atoms with E-state index in [1.807, 2.05) is 38.0 Å². The van der Waals surface area contributed by atoms with Gasteiger partial charge >= 0.3 is 0 Å². The molecule has 20 heavy (non-hydrogen) atoms. The van der Waals surface area contributed by atoms with Crippen LogP contribution in [0.25, 0.3) is 11.0 Å². The summed E-state index contributed by atoms with van der Waals surface area (Å²) in [5, 5.41) is 12.7. The Hall–Kier alpha value is -2.44. The van der Waals surface area contributed by atoms with Gasteiger partial charge in [0.1, 0.15) is 12.4 Å². The molecule has 0 saturated carbocycles. The van der Waals surface area contributed by atoms with Crippen LogP contribution < -0.4 is 5.32 Å². The summed E-state index contributed by atoms with van der Waals surface area (Å²) < 4.78 is 3.60. The van der Waals surface area contributed by atoms with Crippen LogP contribution in [0.2, 0.25) is 0 Å². The fourth-order valence-electron chi connectivity index (χ4n) is 2.14. The van der Waals surface area contributed by atoms with E-state index in [1.54, 1.807) is 10.9 Å². The van der Waals surface area contributed by atoms with E-state index in [9.17, 15) is 0 Å². The molecule has 0 fully saturated rings. The fraction of sp³-hybridized carbons (Fsp3) is 0.385. The summed E-state index contributed by atoms with van der Waals surface area (Å²) in [5.41, 5.74) is 1.95. The van der Waals surface area contributed by atoms with E-state index < -0.39 is 0 Å². The maximum absolute atomic E-state index is 4.57. The van der Waals surface area contributed by atoms with Crippen LogP contribution in [-0.2, 0) is 13.6 Å². The van der Waals surface area contributed by atoms with Crippen LogP contribution in [0.1, 0.15) is 18.3 Å². The predicted octanol–water partition coefficient (Wildman–Crippen LogP) is 1.35. The van der Waals surface area contributed by atoms with Crippen LogP contribution in [0, 0.1) is 6.92 Å². The largest absolute Gasteiger partial charge is 0.370 e. The Morgan fingerprint density at radius 2 is 2.05 bits per heavy atom. The molecule has 104 valence electrons. The molecule has 7 heteroatoms. The molecular weight excluding hydrogens is 254 g/mol. The van der Waals surface area contributed by atoms with E-state index in [2.05, 4.69) is 25.5 Å². The number of nitrogens with one attached hydrogen (secondary N) is 1. The standard InChI is InChI=1S/C13H17N7/c1-4-14-12-10-6-15-19(3)13(10)18-11(17-12)8-20-7-9(2)5-16-20/h5-7H,4,8H2,1-3H3,(H,14,17,18). The Morgan fingerprint density at radius 3 is 2.75 bits per heavy atom. The summed E-state index contributed by atoms with van der Waals surface area (Å²) >= 11 is 0. The highest BCUT2D eigenvalue weighted by atomic mass is 15.3. The van der Waals surface area contributed by atoms with Crippen molar-refractivity contribution < 1.29 is 0 Å². The molecule has 0 aliphatic heterocycles. The smallest absolute Gasteiger partial charge is 0.163 e. The van der Waals surface area contributed by atoms with Crippen LogP contribution in [0.3, 0.4) is 0 Å². The molecule has 0 spiro atoms. The van der Waals surface area contributed by atoms with Crippen molar-refractivity contribution in [3.05, 3.63) is 30.0 Å². The molecule has 0 radical (unpaired) electrons. The van der Waals surface area contributed by atoms with Crippen LogP contribution in [0.5, 0.6) is 0 Å². The average molecular weight is 271 g/mol.